The first-order valence-corrected chi connectivity index (χ1v) is 5.68. The molecule has 0 saturated heterocycles. The van der Waals surface area contributed by atoms with Gasteiger partial charge in [-0.1, -0.05) is 43.1 Å². The summed E-state index contributed by atoms with van der Waals surface area (Å²) in [6.45, 7) is 5.73. The molecule has 0 fully saturated rings. The van der Waals surface area contributed by atoms with E-state index in [0.717, 1.165) is 15.7 Å². The van der Waals surface area contributed by atoms with Crippen molar-refractivity contribution >= 4 is 39.3 Å². The van der Waals surface area contributed by atoms with Gasteiger partial charge in [-0.15, -0.1) is 18.3 Å². The molecule has 0 aliphatic carbocycles. The molecule has 0 amide bonds. The van der Waals surface area contributed by atoms with Crippen LogP contribution in [0.5, 0.6) is 0 Å². The van der Waals surface area contributed by atoms with E-state index in [0.29, 0.717) is 0 Å². The van der Waals surface area contributed by atoms with Crippen LogP contribution in [0.2, 0.25) is 0 Å². The highest BCUT2D eigenvalue weighted by atomic mass is 32.2. The molecule has 3 heteroatoms. The van der Waals surface area contributed by atoms with E-state index in [1.807, 2.05) is 11.5 Å². The standard InChI is InChI=1S/C8H12S3/c1-3-5-7-11-8(9)10-6-4-2/h4-5,7H,2-3,6H2,1H3. The second kappa shape index (κ2) is 8.37. The maximum absolute atomic E-state index is 5.06. The predicted octanol–water partition coefficient (Wildman–Crippen LogP) is 3.85. The van der Waals surface area contributed by atoms with Crippen LogP contribution in [0.25, 0.3) is 0 Å². The van der Waals surface area contributed by atoms with Crippen LogP contribution in [0.1, 0.15) is 13.3 Å². The molecule has 11 heavy (non-hydrogen) atoms. The van der Waals surface area contributed by atoms with Crippen LogP contribution in [-0.2, 0) is 0 Å². The lowest BCUT2D eigenvalue weighted by Crippen LogP contribution is -1.77. The Morgan fingerprint density at radius 1 is 1.64 bits per heavy atom. The molecule has 0 unspecified atom stereocenters. The molecule has 0 heterocycles. The summed E-state index contributed by atoms with van der Waals surface area (Å²) in [4.78, 5) is 0. The largest absolute Gasteiger partial charge is 0.108 e. The number of allylic oxidation sites excluding steroid dienone is 1. The van der Waals surface area contributed by atoms with E-state index in [1.54, 1.807) is 23.5 Å². The van der Waals surface area contributed by atoms with Gasteiger partial charge in [0.05, 0.1) is 0 Å². The van der Waals surface area contributed by atoms with Gasteiger partial charge in [0, 0.05) is 5.75 Å². The van der Waals surface area contributed by atoms with Gasteiger partial charge in [0.2, 0.25) is 0 Å². The fourth-order valence-corrected chi connectivity index (χ4v) is 2.03. The fourth-order valence-electron chi connectivity index (χ4n) is 0.361. The SMILES string of the molecule is C=CCSC(=S)SC=CCC. The molecule has 0 N–H and O–H groups in total. The van der Waals surface area contributed by atoms with Gasteiger partial charge in [0.25, 0.3) is 0 Å². The minimum Gasteiger partial charge on any atom is -0.103 e. The van der Waals surface area contributed by atoms with Crippen molar-refractivity contribution in [1.29, 1.82) is 0 Å². The first-order valence-electron chi connectivity index (χ1n) is 3.40. The molecular formula is C8H12S3. The van der Waals surface area contributed by atoms with Crippen molar-refractivity contribution in [3.05, 3.63) is 24.1 Å². The van der Waals surface area contributed by atoms with Crippen LogP contribution in [0.3, 0.4) is 0 Å². The number of rotatable bonds is 4. The van der Waals surface area contributed by atoms with Gasteiger partial charge in [-0.05, 0) is 11.8 Å². The fraction of sp³-hybridized carbons (Fsp3) is 0.375. The van der Waals surface area contributed by atoms with Crippen molar-refractivity contribution < 1.29 is 0 Å². The van der Waals surface area contributed by atoms with E-state index in [2.05, 4.69) is 19.6 Å². The molecule has 0 spiro atoms. The van der Waals surface area contributed by atoms with Gasteiger partial charge in [0.1, 0.15) is 3.53 Å². The van der Waals surface area contributed by atoms with Gasteiger partial charge >= 0.3 is 0 Å². The molecule has 0 aromatic rings. The maximum atomic E-state index is 5.06. The Labute approximate surface area is 82.5 Å². The highest BCUT2D eigenvalue weighted by molar-refractivity contribution is 8.48. The first kappa shape index (κ1) is 11.3. The monoisotopic (exact) mass is 204 g/mol. The summed E-state index contributed by atoms with van der Waals surface area (Å²) >= 11 is 8.32. The van der Waals surface area contributed by atoms with Gasteiger partial charge in [-0.3, -0.25) is 0 Å². The molecular weight excluding hydrogens is 192 g/mol. The lowest BCUT2D eigenvalue weighted by molar-refractivity contribution is 1.23. The van der Waals surface area contributed by atoms with E-state index < -0.39 is 0 Å². The Hall–Kier alpha value is 0.270. The Balaban J connectivity index is 3.36. The topological polar surface area (TPSA) is 0 Å². The van der Waals surface area contributed by atoms with Crippen molar-refractivity contribution in [3.8, 4) is 0 Å². The lowest BCUT2D eigenvalue weighted by atomic mass is 10.5. The molecule has 0 rings (SSSR count). The molecule has 0 nitrogen and oxygen atoms in total. The molecule has 0 atom stereocenters. The highest BCUT2D eigenvalue weighted by Gasteiger charge is 1.91. The quantitative estimate of drug-likeness (QED) is 0.504. The summed E-state index contributed by atoms with van der Waals surface area (Å²) in [5.41, 5.74) is 0. The van der Waals surface area contributed by atoms with Crippen LogP contribution in [0.4, 0.5) is 0 Å². The van der Waals surface area contributed by atoms with Crippen LogP contribution in [-0.4, -0.2) is 9.28 Å². The highest BCUT2D eigenvalue weighted by Crippen LogP contribution is 2.18. The van der Waals surface area contributed by atoms with Gasteiger partial charge in [-0.25, -0.2) is 0 Å². The Morgan fingerprint density at radius 3 is 2.91 bits per heavy atom. The summed E-state index contributed by atoms with van der Waals surface area (Å²) in [6.07, 6.45) is 5.04. The van der Waals surface area contributed by atoms with E-state index >= 15 is 0 Å². The normalized spacial score (nSPS) is 10.3. The van der Waals surface area contributed by atoms with E-state index in [9.17, 15) is 0 Å². The van der Waals surface area contributed by atoms with E-state index in [1.165, 1.54) is 0 Å². The maximum Gasteiger partial charge on any atom is 0.108 e. The molecule has 0 aliphatic heterocycles. The number of hydrogen-bond donors (Lipinski definition) is 0. The molecule has 0 aromatic heterocycles. The summed E-state index contributed by atoms with van der Waals surface area (Å²) in [5.74, 6) is 0.909. The van der Waals surface area contributed by atoms with Crippen LogP contribution >= 0.6 is 35.7 Å². The third kappa shape index (κ3) is 8.17. The third-order valence-corrected chi connectivity index (χ3v) is 3.26. The summed E-state index contributed by atoms with van der Waals surface area (Å²) in [6, 6.07) is 0. The van der Waals surface area contributed by atoms with Crippen LogP contribution < -0.4 is 0 Å². The van der Waals surface area contributed by atoms with Gasteiger partial charge < -0.3 is 0 Å². The lowest BCUT2D eigenvalue weighted by Gasteiger charge is -1.94. The first-order chi connectivity index (χ1) is 5.31. The van der Waals surface area contributed by atoms with Crippen molar-refractivity contribution in [2.75, 3.05) is 5.75 Å². The van der Waals surface area contributed by atoms with Crippen molar-refractivity contribution in [2.24, 2.45) is 0 Å². The molecule has 0 bridgehead atoms. The molecule has 0 aliphatic rings. The summed E-state index contributed by atoms with van der Waals surface area (Å²) in [5, 5.41) is 2.04. The Bertz CT molecular complexity index is 149. The zero-order valence-electron chi connectivity index (χ0n) is 6.58. The number of thiocarbonyl (C=S) groups is 1. The smallest absolute Gasteiger partial charge is 0.103 e. The van der Waals surface area contributed by atoms with E-state index in [-0.39, 0.29) is 0 Å². The molecule has 0 aromatic carbocycles. The zero-order valence-corrected chi connectivity index (χ0v) is 9.03. The Morgan fingerprint density at radius 2 is 2.36 bits per heavy atom. The zero-order chi connectivity index (χ0) is 8.53. The average molecular weight is 204 g/mol. The van der Waals surface area contributed by atoms with Crippen molar-refractivity contribution in [1.82, 2.24) is 0 Å². The van der Waals surface area contributed by atoms with Gasteiger partial charge in [-0.2, -0.15) is 0 Å². The number of thioether (sulfide) groups is 2. The number of hydrogen-bond acceptors (Lipinski definition) is 3. The van der Waals surface area contributed by atoms with E-state index in [4.69, 9.17) is 12.2 Å². The summed E-state index contributed by atoms with van der Waals surface area (Å²) < 4.78 is 0.967. The minimum atomic E-state index is 0.909. The second-order valence-electron chi connectivity index (χ2n) is 1.75. The third-order valence-electron chi connectivity index (χ3n) is 0.815. The molecule has 0 saturated carbocycles. The van der Waals surface area contributed by atoms with Gasteiger partial charge in [0.15, 0.2) is 0 Å². The second-order valence-corrected chi connectivity index (χ2v) is 4.88. The van der Waals surface area contributed by atoms with Crippen LogP contribution in [0, 0.1) is 0 Å². The minimum absolute atomic E-state index is 0.909. The van der Waals surface area contributed by atoms with Crippen molar-refractivity contribution in [3.63, 3.8) is 0 Å². The Kier molecular flexibility index (Phi) is 8.57. The molecule has 62 valence electrons. The van der Waals surface area contributed by atoms with Crippen molar-refractivity contribution in [2.45, 2.75) is 13.3 Å². The summed E-state index contributed by atoms with van der Waals surface area (Å²) in [7, 11) is 0. The predicted molar refractivity (Wildman–Crippen MR) is 62.3 cm³/mol. The molecule has 0 radical (unpaired) electrons. The van der Waals surface area contributed by atoms with Crippen LogP contribution in [0.15, 0.2) is 24.1 Å². The average Bonchev–Trinajstić information content (AvgIpc) is 2.01.